The molecule has 0 saturated carbocycles. The first kappa shape index (κ1) is 17.0. The molecule has 6 nitrogen and oxygen atoms in total. The molecule has 0 radical (unpaired) electrons. The monoisotopic (exact) mass is 338 g/mol. The molecule has 1 aliphatic rings. The lowest BCUT2D eigenvalue weighted by atomic mass is 10.0. The Bertz CT molecular complexity index is 751. The van der Waals surface area contributed by atoms with E-state index in [1.54, 1.807) is 37.4 Å². The second-order valence-corrected chi connectivity index (χ2v) is 6.31. The molecule has 130 valence electrons. The number of benzene rings is 1. The van der Waals surface area contributed by atoms with Gasteiger partial charge in [-0.1, -0.05) is 6.07 Å². The SMILES string of the molecule is C[C@H](Oc1cccc(C#N)c1)C(=O)N1CCCC[C@@H]1Cn1cccn1. The van der Waals surface area contributed by atoms with E-state index in [2.05, 4.69) is 11.2 Å². The van der Waals surface area contributed by atoms with E-state index < -0.39 is 6.10 Å². The summed E-state index contributed by atoms with van der Waals surface area (Å²) >= 11 is 0. The number of aromatic nitrogens is 2. The molecule has 25 heavy (non-hydrogen) atoms. The largest absolute Gasteiger partial charge is 0.481 e. The number of likely N-dealkylation sites (tertiary alicyclic amines) is 1. The van der Waals surface area contributed by atoms with Crippen molar-refractivity contribution in [2.75, 3.05) is 6.54 Å². The van der Waals surface area contributed by atoms with Crippen LogP contribution in [0.4, 0.5) is 0 Å². The normalized spacial score (nSPS) is 18.4. The minimum absolute atomic E-state index is 0.0146. The summed E-state index contributed by atoms with van der Waals surface area (Å²) in [4.78, 5) is 14.8. The first-order valence-electron chi connectivity index (χ1n) is 8.62. The van der Waals surface area contributed by atoms with Gasteiger partial charge in [0.05, 0.1) is 24.2 Å². The number of ether oxygens (including phenoxy) is 1. The van der Waals surface area contributed by atoms with Gasteiger partial charge in [0.1, 0.15) is 5.75 Å². The first-order chi connectivity index (χ1) is 12.2. The molecule has 3 rings (SSSR count). The van der Waals surface area contributed by atoms with Gasteiger partial charge in [0, 0.05) is 18.9 Å². The maximum atomic E-state index is 12.9. The fraction of sp³-hybridized carbons (Fsp3) is 0.421. The van der Waals surface area contributed by atoms with E-state index in [1.807, 2.05) is 21.8 Å². The number of carbonyl (C=O) groups excluding carboxylic acids is 1. The lowest BCUT2D eigenvalue weighted by molar-refractivity contribution is -0.142. The maximum absolute atomic E-state index is 12.9. The number of amides is 1. The molecule has 0 N–H and O–H groups in total. The third kappa shape index (κ3) is 4.18. The van der Waals surface area contributed by atoms with E-state index in [-0.39, 0.29) is 11.9 Å². The predicted octanol–water partition coefficient (Wildman–Crippen LogP) is 2.60. The Labute approximate surface area is 147 Å². The molecule has 2 heterocycles. The van der Waals surface area contributed by atoms with Crippen LogP contribution in [0.3, 0.4) is 0 Å². The Kier molecular flexibility index (Phi) is 5.34. The van der Waals surface area contributed by atoms with Gasteiger partial charge in [0.25, 0.3) is 5.91 Å². The number of hydrogen-bond donors (Lipinski definition) is 0. The fourth-order valence-electron chi connectivity index (χ4n) is 3.23. The van der Waals surface area contributed by atoms with Crippen LogP contribution in [-0.4, -0.2) is 39.3 Å². The molecule has 1 aromatic heterocycles. The summed E-state index contributed by atoms with van der Waals surface area (Å²) in [6.07, 6.45) is 6.19. The molecule has 1 saturated heterocycles. The van der Waals surface area contributed by atoms with Crippen LogP contribution < -0.4 is 4.74 Å². The van der Waals surface area contributed by atoms with Gasteiger partial charge in [-0.05, 0) is 50.5 Å². The van der Waals surface area contributed by atoms with E-state index >= 15 is 0 Å². The Balaban J connectivity index is 1.67. The second-order valence-electron chi connectivity index (χ2n) is 6.31. The lowest BCUT2D eigenvalue weighted by Crippen LogP contribution is -2.50. The van der Waals surface area contributed by atoms with Crippen molar-refractivity contribution in [3.8, 4) is 11.8 Å². The van der Waals surface area contributed by atoms with E-state index in [9.17, 15) is 4.79 Å². The van der Waals surface area contributed by atoms with Gasteiger partial charge in [-0.15, -0.1) is 0 Å². The molecule has 0 bridgehead atoms. The summed E-state index contributed by atoms with van der Waals surface area (Å²) in [5, 5.41) is 13.2. The molecule has 0 aliphatic carbocycles. The number of carbonyl (C=O) groups is 1. The third-order valence-corrected chi connectivity index (χ3v) is 4.49. The third-order valence-electron chi connectivity index (χ3n) is 4.49. The Hall–Kier alpha value is -2.81. The molecule has 1 amide bonds. The zero-order valence-corrected chi connectivity index (χ0v) is 14.3. The van der Waals surface area contributed by atoms with Crippen molar-refractivity contribution >= 4 is 5.91 Å². The van der Waals surface area contributed by atoms with Crippen molar-refractivity contribution in [3.05, 3.63) is 48.3 Å². The van der Waals surface area contributed by atoms with Crippen molar-refractivity contribution in [2.45, 2.75) is 44.9 Å². The molecular formula is C19H22N4O2. The summed E-state index contributed by atoms with van der Waals surface area (Å²) < 4.78 is 7.66. The number of piperidine rings is 1. The van der Waals surface area contributed by atoms with Crippen LogP contribution in [0.2, 0.25) is 0 Å². The minimum Gasteiger partial charge on any atom is -0.481 e. The number of hydrogen-bond acceptors (Lipinski definition) is 4. The molecule has 1 aliphatic heterocycles. The minimum atomic E-state index is -0.591. The highest BCUT2D eigenvalue weighted by atomic mass is 16.5. The Morgan fingerprint density at radius 1 is 1.44 bits per heavy atom. The van der Waals surface area contributed by atoms with E-state index in [4.69, 9.17) is 10.00 Å². The van der Waals surface area contributed by atoms with Crippen LogP contribution in [0.25, 0.3) is 0 Å². The van der Waals surface area contributed by atoms with Crippen molar-refractivity contribution in [1.29, 1.82) is 5.26 Å². The molecule has 0 spiro atoms. The van der Waals surface area contributed by atoms with Crippen LogP contribution in [0.1, 0.15) is 31.7 Å². The highest BCUT2D eigenvalue weighted by Crippen LogP contribution is 2.21. The van der Waals surface area contributed by atoms with Gasteiger partial charge >= 0.3 is 0 Å². The zero-order valence-electron chi connectivity index (χ0n) is 14.3. The van der Waals surface area contributed by atoms with Gasteiger partial charge in [0.15, 0.2) is 6.10 Å². The van der Waals surface area contributed by atoms with E-state index in [0.717, 1.165) is 25.8 Å². The summed E-state index contributed by atoms with van der Waals surface area (Å²) in [5.74, 6) is 0.528. The van der Waals surface area contributed by atoms with Crippen LogP contribution in [0.15, 0.2) is 42.7 Å². The van der Waals surface area contributed by atoms with Gasteiger partial charge < -0.3 is 9.64 Å². The Morgan fingerprint density at radius 2 is 2.32 bits per heavy atom. The van der Waals surface area contributed by atoms with Gasteiger partial charge in [-0.2, -0.15) is 10.4 Å². The molecule has 0 unspecified atom stereocenters. The molecule has 1 aromatic carbocycles. The molecule has 2 atom stereocenters. The van der Waals surface area contributed by atoms with Crippen LogP contribution in [0, 0.1) is 11.3 Å². The number of nitriles is 1. The van der Waals surface area contributed by atoms with Crippen molar-refractivity contribution in [1.82, 2.24) is 14.7 Å². The molecule has 6 heteroatoms. The molecular weight excluding hydrogens is 316 g/mol. The van der Waals surface area contributed by atoms with Gasteiger partial charge in [-0.3, -0.25) is 9.48 Å². The quantitative estimate of drug-likeness (QED) is 0.840. The summed E-state index contributed by atoms with van der Waals surface area (Å²) in [7, 11) is 0. The lowest BCUT2D eigenvalue weighted by Gasteiger charge is -2.37. The number of rotatable bonds is 5. The summed E-state index contributed by atoms with van der Waals surface area (Å²) in [6.45, 7) is 3.22. The number of nitrogens with zero attached hydrogens (tertiary/aromatic N) is 4. The van der Waals surface area contributed by atoms with Crippen LogP contribution in [-0.2, 0) is 11.3 Å². The maximum Gasteiger partial charge on any atom is 0.263 e. The average Bonchev–Trinajstić information content (AvgIpc) is 3.15. The van der Waals surface area contributed by atoms with E-state index in [1.165, 1.54) is 0 Å². The van der Waals surface area contributed by atoms with Crippen molar-refractivity contribution < 1.29 is 9.53 Å². The first-order valence-corrected chi connectivity index (χ1v) is 8.62. The highest BCUT2D eigenvalue weighted by Gasteiger charge is 2.31. The van der Waals surface area contributed by atoms with Crippen LogP contribution >= 0.6 is 0 Å². The predicted molar refractivity (Wildman–Crippen MR) is 92.8 cm³/mol. The van der Waals surface area contributed by atoms with Gasteiger partial charge in [-0.25, -0.2) is 0 Å². The summed E-state index contributed by atoms with van der Waals surface area (Å²) in [6, 6.07) is 11.0. The Morgan fingerprint density at radius 3 is 3.08 bits per heavy atom. The second kappa shape index (κ2) is 7.84. The average molecular weight is 338 g/mol. The topological polar surface area (TPSA) is 71.2 Å². The molecule has 1 fully saturated rings. The van der Waals surface area contributed by atoms with Crippen LogP contribution in [0.5, 0.6) is 5.75 Å². The standard InChI is InChI=1S/C19H22N4O2/c1-15(25-18-8-4-6-16(12-18)13-20)19(24)23-11-3-2-7-17(23)14-22-10-5-9-21-22/h4-6,8-10,12,15,17H,2-3,7,11,14H2,1H3/t15-,17+/m0/s1. The van der Waals surface area contributed by atoms with Gasteiger partial charge in [0.2, 0.25) is 0 Å². The van der Waals surface area contributed by atoms with Crippen molar-refractivity contribution in [3.63, 3.8) is 0 Å². The summed E-state index contributed by atoms with van der Waals surface area (Å²) in [5.41, 5.74) is 0.520. The smallest absolute Gasteiger partial charge is 0.263 e. The van der Waals surface area contributed by atoms with Crippen molar-refractivity contribution in [2.24, 2.45) is 0 Å². The molecule has 2 aromatic rings. The zero-order chi connectivity index (χ0) is 17.6. The fourth-order valence-corrected chi connectivity index (χ4v) is 3.23. The highest BCUT2D eigenvalue weighted by molar-refractivity contribution is 5.81. The van der Waals surface area contributed by atoms with E-state index in [0.29, 0.717) is 17.9 Å².